The Hall–Kier alpha value is -2.64. The second-order valence-corrected chi connectivity index (χ2v) is 7.96. The second-order valence-electron chi connectivity index (χ2n) is 7.53. The smallest absolute Gasteiger partial charge is 0.317 e. The van der Waals surface area contributed by atoms with Gasteiger partial charge in [-0.05, 0) is 42.8 Å². The van der Waals surface area contributed by atoms with E-state index in [-0.39, 0.29) is 17.8 Å². The quantitative estimate of drug-likeness (QED) is 0.708. The van der Waals surface area contributed by atoms with Crippen LogP contribution < -0.4 is 5.32 Å². The molecule has 2 aromatic carbocycles. The molecule has 1 aliphatic rings. The van der Waals surface area contributed by atoms with Crippen LogP contribution >= 0.6 is 11.6 Å². The largest absolute Gasteiger partial charge is 0.338 e. The van der Waals surface area contributed by atoms with Crippen molar-refractivity contribution in [1.29, 1.82) is 0 Å². The van der Waals surface area contributed by atoms with Crippen molar-refractivity contribution in [2.75, 3.05) is 45.8 Å². The minimum Gasteiger partial charge on any atom is -0.338 e. The Bertz CT molecular complexity index is 885. The highest BCUT2D eigenvalue weighted by Crippen LogP contribution is 2.15. The standard InChI is InChI=1S/C23H28ClFN4O2/c1-2-26-23(31)28-13-10-27(11-14-28)12-15-29(17-18-6-8-21(25)9-7-18)22(30)19-4-3-5-20(24)16-19/h3-9,16H,2,10-15,17H2,1H3,(H,26,31). The molecule has 2 aromatic rings. The van der Waals surface area contributed by atoms with Crippen molar-refractivity contribution < 1.29 is 14.0 Å². The van der Waals surface area contributed by atoms with Crippen LogP contribution in [0, 0.1) is 5.82 Å². The molecule has 166 valence electrons. The van der Waals surface area contributed by atoms with Crippen LogP contribution in [0.25, 0.3) is 0 Å². The topological polar surface area (TPSA) is 55.9 Å². The summed E-state index contributed by atoms with van der Waals surface area (Å²) < 4.78 is 13.3. The summed E-state index contributed by atoms with van der Waals surface area (Å²) in [6, 6.07) is 13.1. The van der Waals surface area contributed by atoms with Crippen molar-refractivity contribution in [3.05, 3.63) is 70.5 Å². The third-order valence-corrected chi connectivity index (χ3v) is 5.55. The zero-order chi connectivity index (χ0) is 22.2. The molecule has 1 saturated heterocycles. The van der Waals surface area contributed by atoms with Gasteiger partial charge in [0.15, 0.2) is 0 Å². The summed E-state index contributed by atoms with van der Waals surface area (Å²) in [6.45, 7) is 6.94. The van der Waals surface area contributed by atoms with Crippen LogP contribution in [-0.4, -0.2) is 72.5 Å². The molecule has 0 atom stereocenters. The van der Waals surface area contributed by atoms with Gasteiger partial charge in [-0.25, -0.2) is 9.18 Å². The van der Waals surface area contributed by atoms with Gasteiger partial charge in [0.25, 0.3) is 5.91 Å². The van der Waals surface area contributed by atoms with E-state index in [0.29, 0.717) is 49.9 Å². The van der Waals surface area contributed by atoms with Gasteiger partial charge in [-0.1, -0.05) is 29.8 Å². The Morgan fingerprint density at radius 1 is 1.10 bits per heavy atom. The van der Waals surface area contributed by atoms with E-state index in [0.717, 1.165) is 18.7 Å². The number of nitrogens with one attached hydrogen (secondary N) is 1. The maximum absolute atomic E-state index is 13.3. The van der Waals surface area contributed by atoms with Crippen molar-refractivity contribution >= 4 is 23.5 Å². The van der Waals surface area contributed by atoms with Gasteiger partial charge in [0.05, 0.1) is 0 Å². The fourth-order valence-electron chi connectivity index (χ4n) is 3.57. The fourth-order valence-corrected chi connectivity index (χ4v) is 3.76. The number of hydrogen-bond donors (Lipinski definition) is 1. The van der Waals surface area contributed by atoms with Gasteiger partial charge < -0.3 is 15.1 Å². The first-order chi connectivity index (χ1) is 15.0. The highest BCUT2D eigenvalue weighted by Gasteiger charge is 2.22. The second kappa shape index (κ2) is 11.1. The van der Waals surface area contributed by atoms with E-state index in [1.54, 1.807) is 41.3 Å². The molecule has 8 heteroatoms. The lowest BCUT2D eigenvalue weighted by Crippen LogP contribution is -2.53. The summed E-state index contributed by atoms with van der Waals surface area (Å²) in [5.41, 5.74) is 1.38. The van der Waals surface area contributed by atoms with Crippen molar-refractivity contribution in [2.24, 2.45) is 0 Å². The number of amides is 3. The summed E-state index contributed by atoms with van der Waals surface area (Å²) >= 11 is 6.07. The minimum atomic E-state index is -0.304. The molecule has 3 amide bonds. The normalized spacial score (nSPS) is 14.4. The molecule has 0 aromatic heterocycles. The Morgan fingerprint density at radius 2 is 1.81 bits per heavy atom. The molecule has 0 bridgehead atoms. The number of halogens is 2. The number of carbonyl (C=O) groups excluding carboxylic acids is 2. The van der Waals surface area contributed by atoms with Crippen LogP contribution in [0.5, 0.6) is 0 Å². The van der Waals surface area contributed by atoms with E-state index in [1.165, 1.54) is 12.1 Å². The van der Waals surface area contributed by atoms with Gasteiger partial charge in [-0.2, -0.15) is 0 Å². The van der Waals surface area contributed by atoms with Crippen LogP contribution in [0.4, 0.5) is 9.18 Å². The molecular weight excluding hydrogens is 419 g/mol. The van der Waals surface area contributed by atoms with Gasteiger partial charge in [0.1, 0.15) is 5.82 Å². The number of rotatable bonds is 7. The number of carbonyl (C=O) groups is 2. The van der Waals surface area contributed by atoms with E-state index < -0.39 is 0 Å². The van der Waals surface area contributed by atoms with Crippen molar-refractivity contribution in [3.8, 4) is 0 Å². The molecule has 0 saturated carbocycles. The minimum absolute atomic E-state index is 0.0313. The fraction of sp³-hybridized carbons (Fsp3) is 0.391. The van der Waals surface area contributed by atoms with Gasteiger partial charge in [0, 0.05) is 62.9 Å². The first kappa shape index (κ1) is 23.0. The summed E-state index contributed by atoms with van der Waals surface area (Å²) in [5, 5.41) is 3.34. The molecule has 1 aliphatic heterocycles. The molecule has 1 N–H and O–H groups in total. The third-order valence-electron chi connectivity index (χ3n) is 5.32. The molecule has 1 fully saturated rings. The SMILES string of the molecule is CCNC(=O)N1CCN(CCN(Cc2ccc(F)cc2)C(=O)c2cccc(Cl)c2)CC1. The molecule has 0 radical (unpaired) electrons. The molecule has 31 heavy (non-hydrogen) atoms. The monoisotopic (exact) mass is 446 g/mol. The van der Waals surface area contributed by atoms with E-state index >= 15 is 0 Å². The molecule has 3 rings (SSSR count). The van der Waals surface area contributed by atoms with Gasteiger partial charge >= 0.3 is 6.03 Å². The molecule has 1 heterocycles. The summed E-state index contributed by atoms with van der Waals surface area (Å²) in [6.07, 6.45) is 0. The summed E-state index contributed by atoms with van der Waals surface area (Å²) in [5.74, 6) is -0.422. The predicted molar refractivity (Wildman–Crippen MR) is 120 cm³/mol. The van der Waals surface area contributed by atoms with Gasteiger partial charge in [-0.15, -0.1) is 0 Å². The Balaban J connectivity index is 1.63. The van der Waals surface area contributed by atoms with E-state index in [2.05, 4.69) is 10.2 Å². The zero-order valence-corrected chi connectivity index (χ0v) is 18.4. The zero-order valence-electron chi connectivity index (χ0n) is 17.7. The van der Waals surface area contributed by atoms with Crippen LogP contribution in [0.15, 0.2) is 48.5 Å². The molecule has 0 unspecified atom stereocenters. The number of urea groups is 1. The molecule has 6 nitrogen and oxygen atoms in total. The summed E-state index contributed by atoms with van der Waals surface area (Å²) in [4.78, 5) is 31.0. The lowest BCUT2D eigenvalue weighted by molar-refractivity contribution is 0.0703. The lowest BCUT2D eigenvalue weighted by atomic mass is 10.1. The molecule has 0 aliphatic carbocycles. The maximum atomic E-state index is 13.3. The van der Waals surface area contributed by atoms with Crippen LogP contribution in [0.2, 0.25) is 5.02 Å². The third kappa shape index (κ3) is 6.67. The van der Waals surface area contributed by atoms with Gasteiger partial charge in [-0.3, -0.25) is 9.69 Å². The van der Waals surface area contributed by atoms with Gasteiger partial charge in [0.2, 0.25) is 0 Å². The highest BCUT2D eigenvalue weighted by atomic mass is 35.5. The van der Waals surface area contributed by atoms with Crippen molar-refractivity contribution in [1.82, 2.24) is 20.0 Å². The maximum Gasteiger partial charge on any atom is 0.317 e. The van der Waals surface area contributed by atoms with Crippen LogP contribution in [0.1, 0.15) is 22.8 Å². The van der Waals surface area contributed by atoms with Crippen LogP contribution in [-0.2, 0) is 6.54 Å². The average Bonchev–Trinajstić information content (AvgIpc) is 2.78. The van der Waals surface area contributed by atoms with Crippen molar-refractivity contribution in [2.45, 2.75) is 13.5 Å². The van der Waals surface area contributed by atoms with Crippen LogP contribution in [0.3, 0.4) is 0 Å². The first-order valence-corrected chi connectivity index (χ1v) is 10.9. The predicted octanol–water partition coefficient (Wildman–Crippen LogP) is 3.47. The van der Waals surface area contributed by atoms with E-state index in [1.807, 2.05) is 11.8 Å². The first-order valence-electron chi connectivity index (χ1n) is 10.5. The Morgan fingerprint density at radius 3 is 2.45 bits per heavy atom. The van der Waals surface area contributed by atoms with E-state index in [4.69, 9.17) is 11.6 Å². The number of piperazine rings is 1. The Labute approximate surface area is 187 Å². The summed E-state index contributed by atoms with van der Waals surface area (Å²) in [7, 11) is 0. The molecular formula is C23H28ClFN4O2. The average molecular weight is 447 g/mol. The van der Waals surface area contributed by atoms with E-state index in [9.17, 15) is 14.0 Å². The Kier molecular flexibility index (Phi) is 8.26. The molecule has 0 spiro atoms. The number of benzene rings is 2. The lowest BCUT2D eigenvalue weighted by Gasteiger charge is -2.35. The van der Waals surface area contributed by atoms with Crippen molar-refractivity contribution in [3.63, 3.8) is 0 Å². The number of hydrogen-bond acceptors (Lipinski definition) is 3. The highest BCUT2D eigenvalue weighted by molar-refractivity contribution is 6.30. The number of nitrogens with zero attached hydrogens (tertiary/aromatic N) is 3.